The molecule has 3 aromatic heterocycles. The minimum absolute atomic E-state index is 0.229. The van der Waals surface area contributed by atoms with Crippen LogP contribution in [0.4, 0.5) is 11.6 Å². The van der Waals surface area contributed by atoms with E-state index in [1.807, 2.05) is 6.07 Å². The molecule has 0 atom stereocenters. The number of aryl methyl sites for hydroxylation is 1. The molecule has 0 spiro atoms. The summed E-state index contributed by atoms with van der Waals surface area (Å²) in [5, 5.41) is 11.9. The Morgan fingerprint density at radius 3 is 2.58 bits per heavy atom. The van der Waals surface area contributed by atoms with E-state index in [2.05, 4.69) is 48.3 Å². The highest BCUT2D eigenvalue weighted by molar-refractivity contribution is 7.18. The highest BCUT2D eigenvalue weighted by atomic mass is 32.1. The SMILES string of the molecule is CNC(=O)c1ccc(N2CCN(c3ncnc4sc(C)cc34)CC2)nn1. The van der Waals surface area contributed by atoms with Crippen molar-refractivity contribution < 1.29 is 4.79 Å². The molecule has 9 heteroatoms. The maximum atomic E-state index is 11.6. The van der Waals surface area contributed by atoms with Crippen LogP contribution in [0.15, 0.2) is 24.5 Å². The van der Waals surface area contributed by atoms with Crippen molar-refractivity contribution in [2.75, 3.05) is 43.0 Å². The molecule has 0 saturated carbocycles. The van der Waals surface area contributed by atoms with Crippen molar-refractivity contribution in [3.63, 3.8) is 0 Å². The third-order valence-electron chi connectivity index (χ3n) is 4.44. The van der Waals surface area contributed by atoms with Crippen molar-refractivity contribution in [3.8, 4) is 0 Å². The van der Waals surface area contributed by atoms with Gasteiger partial charge in [0.1, 0.15) is 17.0 Å². The Hall–Kier alpha value is -2.81. The normalized spacial score (nSPS) is 14.7. The van der Waals surface area contributed by atoms with Crippen molar-refractivity contribution in [2.24, 2.45) is 0 Å². The lowest BCUT2D eigenvalue weighted by atomic mass is 10.2. The zero-order valence-corrected chi connectivity index (χ0v) is 15.5. The maximum absolute atomic E-state index is 11.6. The van der Waals surface area contributed by atoms with Crippen LogP contribution < -0.4 is 15.1 Å². The third-order valence-corrected chi connectivity index (χ3v) is 5.40. The molecule has 1 saturated heterocycles. The summed E-state index contributed by atoms with van der Waals surface area (Å²) in [5.41, 5.74) is 0.325. The molecule has 4 heterocycles. The fraction of sp³-hybridized carbons (Fsp3) is 0.353. The van der Waals surface area contributed by atoms with E-state index in [0.717, 1.165) is 48.0 Å². The lowest BCUT2D eigenvalue weighted by molar-refractivity contribution is 0.0957. The average Bonchev–Trinajstić information content (AvgIpc) is 3.08. The number of hydrogen-bond acceptors (Lipinski definition) is 8. The first kappa shape index (κ1) is 16.6. The van der Waals surface area contributed by atoms with Gasteiger partial charge in [-0.05, 0) is 25.1 Å². The summed E-state index contributed by atoms with van der Waals surface area (Å²) >= 11 is 1.69. The number of nitrogens with zero attached hydrogens (tertiary/aromatic N) is 6. The molecule has 0 unspecified atom stereocenters. The first-order chi connectivity index (χ1) is 12.7. The number of piperazine rings is 1. The van der Waals surface area contributed by atoms with Crippen LogP contribution in [0, 0.1) is 6.92 Å². The fourth-order valence-electron chi connectivity index (χ4n) is 3.11. The Balaban J connectivity index is 1.47. The van der Waals surface area contributed by atoms with Gasteiger partial charge in [0.25, 0.3) is 5.91 Å². The lowest BCUT2D eigenvalue weighted by Gasteiger charge is -2.36. The molecule has 4 rings (SSSR count). The van der Waals surface area contributed by atoms with Gasteiger partial charge in [0, 0.05) is 38.1 Å². The van der Waals surface area contributed by atoms with Gasteiger partial charge in [-0.25, -0.2) is 9.97 Å². The number of anilines is 2. The number of thiophene rings is 1. The number of nitrogens with one attached hydrogen (secondary N) is 1. The summed E-state index contributed by atoms with van der Waals surface area (Å²) in [4.78, 5) is 27.2. The summed E-state index contributed by atoms with van der Waals surface area (Å²) in [6.45, 7) is 5.43. The van der Waals surface area contributed by atoms with Gasteiger partial charge in [0.2, 0.25) is 0 Å². The van der Waals surface area contributed by atoms with E-state index in [-0.39, 0.29) is 5.91 Å². The highest BCUT2D eigenvalue weighted by Crippen LogP contribution is 2.30. The van der Waals surface area contributed by atoms with Gasteiger partial charge >= 0.3 is 0 Å². The first-order valence-electron chi connectivity index (χ1n) is 8.42. The van der Waals surface area contributed by atoms with Crippen molar-refractivity contribution in [3.05, 3.63) is 35.1 Å². The van der Waals surface area contributed by atoms with Crippen LogP contribution in [-0.2, 0) is 0 Å². The smallest absolute Gasteiger partial charge is 0.271 e. The topological polar surface area (TPSA) is 87.1 Å². The van der Waals surface area contributed by atoms with Crippen LogP contribution in [-0.4, -0.2) is 59.3 Å². The van der Waals surface area contributed by atoms with E-state index in [4.69, 9.17) is 0 Å². The Morgan fingerprint density at radius 1 is 1.12 bits per heavy atom. The molecular formula is C17H19N7OS. The van der Waals surface area contributed by atoms with Gasteiger partial charge in [-0.1, -0.05) is 0 Å². The monoisotopic (exact) mass is 369 g/mol. The van der Waals surface area contributed by atoms with Gasteiger partial charge in [-0.2, -0.15) is 0 Å². The molecule has 1 aliphatic heterocycles. The highest BCUT2D eigenvalue weighted by Gasteiger charge is 2.22. The zero-order valence-electron chi connectivity index (χ0n) is 14.6. The van der Waals surface area contributed by atoms with Gasteiger partial charge in [-0.3, -0.25) is 4.79 Å². The van der Waals surface area contributed by atoms with Crippen molar-refractivity contribution in [1.82, 2.24) is 25.5 Å². The fourth-order valence-corrected chi connectivity index (χ4v) is 3.95. The molecular weight excluding hydrogens is 350 g/mol. The maximum Gasteiger partial charge on any atom is 0.271 e. The third kappa shape index (κ3) is 3.05. The van der Waals surface area contributed by atoms with Crippen molar-refractivity contribution in [2.45, 2.75) is 6.92 Å². The van der Waals surface area contributed by atoms with Crippen LogP contribution in [0.25, 0.3) is 10.2 Å². The Kier molecular flexibility index (Phi) is 4.37. The first-order valence-corrected chi connectivity index (χ1v) is 9.24. The summed E-state index contributed by atoms with van der Waals surface area (Å²) in [7, 11) is 1.58. The second-order valence-electron chi connectivity index (χ2n) is 6.10. The Labute approximate surface area is 154 Å². The number of fused-ring (bicyclic) bond motifs is 1. The number of carbonyl (C=O) groups excluding carboxylic acids is 1. The zero-order chi connectivity index (χ0) is 18.1. The molecule has 0 radical (unpaired) electrons. The standard InChI is InChI=1S/C17H19N7OS/c1-11-9-12-15(19-10-20-17(12)26-11)24-7-5-23(6-8-24)14-4-3-13(21-22-14)16(25)18-2/h3-4,9-10H,5-8H2,1-2H3,(H,18,25). The molecule has 26 heavy (non-hydrogen) atoms. The minimum Gasteiger partial charge on any atom is -0.354 e. The molecule has 3 aromatic rings. The van der Waals surface area contributed by atoms with E-state index in [1.54, 1.807) is 30.8 Å². The molecule has 8 nitrogen and oxygen atoms in total. The Morgan fingerprint density at radius 2 is 1.88 bits per heavy atom. The molecule has 1 fully saturated rings. The summed E-state index contributed by atoms with van der Waals surface area (Å²) in [6.07, 6.45) is 1.64. The largest absolute Gasteiger partial charge is 0.354 e. The molecule has 0 bridgehead atoms. The minimum atomic E-state index is -0.229. The van der Waals surface area contributed by atoms with Gasteiger partial charge < -0.3 is 15.1 Å². The number of carbonyl (C=O) groups is 1. The van der Waals surface area contributed by atoms with Gasteiger partial charge in [0.05, 0.1) is 5.39 Å². The van der Waals surface area contributed by atoms with Crippen LogP contribution in [0.2, 0.25) is 0 Å². The molecule has 1 amide bonds. The van der Waals surface area contributed by atoms with Gasteiger partial charge in [-0.15, -0.1) is 21.5 Å². The predicted octanol–water partition coefficient (Wildman–Crippen LogP) is 1.48. The van der Waals surface area contributed by atoms with Crippen LogP contribution in [0.1, 0.15) is 15.4 Å². The number of rotatable bonds is 3. The van der Waals surface area contributed by atoms with Crippen LogP contribution >= 0.6 is 11.3 Å². The van der Waals surface area contributed by atoms with Crippen molar-refractivity contribution >= 4 is 39.1 Å². The second kappa shape index (κ2) is 6.83. The summed E-state index contributed by atoms with van der Waals surface area (Å²) in [6, 6.07) is 5.71. The summed E-state index contributed by atoms with van der Waals surface area (Å²) < 4.78 is 0. The van der Waals surface area contributed by atoms with E-state index < -0.39 is 0 Å². The number of hydrogen-bond donors (Lipinski definition) is 1. The van der Waals surface area contributed by atoms with E-state index in [9.17, 15) is 4.79 Å². The van der Waals surface area contributed by atoms with Crippen LogP contribution in [0.3, 0.4) is 0 Å². The molecule has 1 N–H and O–H groups in total. The predicted molar refractivity (Wildman–Crippen MR) is 102 cm³/mol. The van der Waals surface area contributed by atoms with Gasteiger partial charge in [0.15, 0.2) is 11.5 Å². The van der Waals surface area contributed by atoms with Crippen molar-refractivity contribution in [1.29, 1.82) is 0 Å². The second-order valence-corrected chi connectivity index (χ2v) is 7.34. The van der Waals surface area contributed by atoms with Crippen LogP contribution in [0.5, 0.6) is 0 Å². The average molecular weight is 369 g/mol. The molecule has 1 aliphatic rings. The summed E-state index contributed by atoms with van der Waals surface area (Å²) in [5.74, 6) is 1.56. The lowest BCUT2D eigenvalue weighted by Crippen LogP contribution is -2.47. The molecule has 134 valence electrons. The quantitative estimate of drug-likeness (QED) is 0.748. The Bertz CT molecular complexity index is 932. The van der Waals surface area contributed by atoms with E-state index >= 15 is 0 Å². The van der Waals surface area contributed by atoms with E-state index in [0.29, 0.717) is 5.69 Å². The molecule has 0 aromatic carbocycles. The number of aromatic nitrogens is 4. The molecule has 0 aliphatic carbocycles. The van der Waals surface area contributed by atoms with E-state index in [1.165, 1.54) is 4.88 Å². The number of amides is 1.